The number of rotatable bonds is 11. The van der Waals surface area contributed by atoms with Gasteiger partial charge in [-0.15, -0.1) is 0 Å². The number of nitrogens with zero attached hydrogens (tertiary/aromatic N) is 1. The standard InChI is InChI=1S/C25H23Cl2N3O4/c26-20-8-11-23(22(27)14-20)34-17-25(32)30-29-15-19-6-9-21(10-7-19)33-16-24(31)28-13-12-18-4-2-1-3-5-18/h1-11,14-15H,12-13,16-17H2,(H,28,31)(H,30,32)/b29-15-. The smallest absolute Gasteiger partial charge is 0.277 e. The minimum absolute atomic E-state index is 0.0735. The maximum Gasteiger partial charge on any atom is 0.277 e. The molecule has 0 aliphatic heterocycles. The highest BCUT2D eigenvalue weighted by Gasteiger charge is 2.06. The first-order chi connectivity index (χ1) is 16.5. The monoisotopic (exact) mass is 499 g/mol. The average Bonchev–Trinajstić information content (AvgIpc) is 2.84. The summed E-state index contributed by atoms with van der Waals surface area (Å²) in [6.45, 7) is 0.222. The van der Waals surface area contributed by atoms with Crippen LogP contribution in [0.15, 0.2) is 77.9 Å². The van der Waals surface area contributed by atoms with Gasteiger partial charge in [0, 0.05) is 11.6 Å². The Morgan fingerprint density at radius 1 is 0.882 bits per heavy atom. The number of carbonyl (C=O) groups is 2. The molecule has 3 aromatic rings. The highest BCUT2D eigenvalue weighted by Crippen LogP contribution is 2.27. The molecule has 0 bridgehead atoms. The Hall–Kier alpha value is -3.55. The zero-order valence-electron chi connectivity index (χ0n) is 18.2. The van der Waals surface area contributed by atoms with Gasteiger partial charge < -0.3 is 14.8 Å². The Kier molecular flexibility index (Phi) is 9.76. The second kappa shape index (κ2) is 13.2. The number of hydrazone groups is 1. The summed E-state index contributed by atoms with van der Waals surface area (Å²) in [5.74, 6) is 0.269. The van der Waals surface area contributed by atoms with Crippen LogP contribution in [-0.2, 0) is 16.0 Å². The van der Waals surface area contributed by atoms with E-state index in [-0.39, 0.29) is 19.1 Å². The second-order valence-corrected chi connectivity index (χ2v) is 7.94. The molecule has 176 valence electrons. The summed E-state index contributed by atoms with van der Waals surface area (Å²) < 4.78 is 10.8. The van der Waals surface area contributed by atoms with Crippen LogP contribution in [0.5, 0.6) is 11.5 Å². The summed E-state index contributed by atoms with van der Waals surface area (Å²) in [6.07, 6.45) is 2.24. The Labute approximate surface area is 207 Å². The van der Waals surface area contributed by atoms with Crippen molar-refractivity contribution < 1.29 is 19.1 Å². The fraction of sp³-hybridized carbons (Fsp3) is 0.160. The predicted octanol–water partition coefficient (Wildman–Crippen LogP) is 4.26. The number of benzene rings is 3. The molecule has 0 radical (unpaired) electrons. The van der Waals surface area contributed by atoms with Crippen molar-refractivity contribution in [2.24, 2.45) is 5.10 Å². The molecule has 0 saturated carbocycles. The highest BCUT2D eigenvalue weighted by molar-refractivity contribution is 6.35. The summed E-state index contributed by atoms with van der Waals surface area (Å²) in [5, 5.41) is 7.51. The molecule has 3 aromatic carbocycles. The average molecular weight is 500 g/mol. The zero-order valence-corrected chi connectivity index (χ0v) is 19.7. The first-order valence-corrected chi connectivity index (χ1v) is 11.2. The molecule has 0 saturated heterocycles. The molecular weight excluding hydrogens is 477 g/mol. The molecule has 0 fully saturated rings. The lowest BCUT2D eigenvalue weighted by Gasteiger charge is -2.08. The number of hydrogen-bond acceptors (Lipinski definition) is 5. The molecule has 9 heteroatoms. The quantitative estimate of drug-likeness (QED) is 0.304. The molecule has 0 aliphatic rings. The van der Waals surface area contributed by atoms with E-state index >= 15 is 0 Å². The number of amides is 2. The molecule has 3 rings (SSSR count). The molecular formula is C25H23Cl2N3O4. The van der Waals surface area contributed by atoms with Crippen LogP contribution in [0.25, 0.3) is 0 Å². The normalized spacial score (nSPS) is 10.6. The zero-order chi connectivity index (χ0) is 24.2. The van der Waals surface area contributed by atoms with E-state index in [1.54, 1.807) is 36.4 Å². The maximum absolute atomic E-state index is 11.9. The van der Waals surface area contributed by atoms with Crippen LogP contribution in [0.4, 0.5) is 0 Å². The molecule has 0 aliphatic carbocycles. The summed E-state index contributed by atoms with van der Waals surface area (Å²) in [6, 6.07) is 21.6. The first-order valence-electron chi connectivity index (χ1n) is 10.4. The van der Waals surface area contributed by atoms with E-state index in [4.69, 9.17) is 32.7 Å². The van der Waals surface area contributed by atoms with Crippen molar-refractivity contribution in [1.29, 1.82) is 0 Å². The number of carbonyl (C=O) groups excluding carboxylic acids is 2. The molecule has 0 atom stereocenters. The van der Waals surface area contributed by atoms with E-state index in [0.717, 1.165) is 17.5 Å². The summed E-state index contributed by atoms with van der Waals surface area (Å²) in [5.41, 5.74) is 4.27. The van der Waals surface area contributed by atoms with Crippen molar-refractivity contribution >= 4 is 41.2 Å². The maximum atomic E-state index is 11.9. The summed E-state index contributed by atoms with van der Waals surface area (Å²) in [7, 11) is 0. The molecule has 34 heavy (non-hydrogen) atoms. The van der Waals surface area contributed by atoms with Gasteiger partial charge in [-0.3, -0.25) is 9.59 Å². The molecule has 0 aromatic heterocycles. The fourth-order valence-electron chi connectivity index (χ4n) is 2.79. The van der Waals surface area contributed by atoms with E-state index in [2.05, 4.69) is 15.8 Å². The number of hydrogen-bond donors (Lipinski definition) is 2. The van der Waals surface area contributed by atoms with Crippen molar-refractivity contribution in [2.75, 3.05) is 19.8 Å². The van der Waals surface area contributed by atoms with Crippen LogP contribution in [0.1, 0.15) is 11.1 Å². The van der Waals surface area contributed by atoms with Crippen molar-refractivity contribution in [2.45, 2.75) is 6.42 Å². The molecule has 0 heterocycles. The van der Waals surface area contributed by atoms with E-state index in [9.17, 15) is 9.59 Å². The largest absolute Gasteiger partial charge is 0.484 e. The minimum atomic E-state index is -0.444. The predicted molar refractivity (Wildman–Crippen MR) is 133 cm³/mol. The van der Waals surface area contributed by atoms with Crippen molar-refractivity contribution in [3.8, 4) is 11.5 Å². The lowest BCUT2D eigenvalue weighted by atomic mass is 10.1. The van der Waals surface area contributed by atoms with Crippen LogP contribution >= 0.6 is 23.2 Å². The number of nitrogens with one attached hydrogen (secondary N) is 2. The lowest BCUT2D eigenvalue weighted by molar-refractivity contribution is -0.123. The van der Waals surface area contributed by atoms with Gasteiger partial charge in [-0.25, -0.2) is 5.43 Å². The molecule has 2 amide bonds. The topological polar surface area (TPSA) is 89.0 Å². The summed E-state index contributed by atoms with van der Waals surface area (Å²) in [4.78, 5) is 23.8. The third-order valence-corrected chi connectivity index (χ3v) is 5.01. The minimum Gasteiger partial charge on any atom is -0.484 e. The first kappa shape index (κ1) is 25.1. The third-order valence-electron chi connectivity index (χ3n) is 4.48. The Morgan fingerprint density at radius 2 is 1.62 bits per heavy atom. The van der Waals surface area contributed by atoms with Crippen molar-refractivity contribution in [3.05, 3.63) is 94.0 Å². The van der Waals surface area contributed by atoms with Gasteiger partial charge in [0.25, 0.3) is 11.8 Å². The number of halogens is 2. The molecule has 0 spiro atoms. The van der Waals surface area contributed by atoms with Crippen LogP contribution < -0.4 is 20.2 Å². The van der Waals surface area contributed by atoms with Crippen LogP contribution in [0.2, 0.25) is 10.0 Å². The van der Waals surface area contributed by atoms with Gasteiger partial charge in [0.1, 0.15) is 11.5 Å². The molecule has 7 nitrogen and oxygen atoms in total. The van der Waals surface area contributed by atoms with E-state index in [1.165, 1.54) is 12.3 Å². The van der Waals surface area contributed by atoms with Crippen LogP contribution in [0.3, 0.4) is 0 Å². The Bertz CT molecular complexity index is 1120. The lowest BCUT2D eigenvalue weighted by Crippen LogP contribution is -2.30. The summed E-state index contributed by atoms with van der Waals surface area (Å²) >= 11 is 11.8. The van der Waals surface area contributed by atoms with Crippen LogP contribution in [0, 0.1) is 0 Å². The van der Waals surface area contributed by atoms with E-state index in [1.807, 2.05) is 30.3 Å². The van der Waals surface area contributed by atoms with Gasteiger partial charge in [-0.2, -0.15) is 5.10 Å². The second-order valence-electron chi connectivity index (χ2n) is 7.10. The SMILES string of the molecule is O=C(COc1ccc(/C=N\NC(=O)COc2ccc(Cl)cc2Cl)cc1)NCCc1ccccc1. The Morgan fingerprint density at radius 3 is 2.35 bits per heavy atom. The van der Waals surface area contributed by atoms with Gasteiger partial charge in [0.15, 0.2) is 13.2 Å². The molecule has 2 N–H and O–H groups in total. The van der Waals surface area contributed by atoms with Gasteiger partial charge in [-0.1, -0.05) is 53.5 Å². The van der Waals surface area contributed by atoms with E-state index in [0.29, 0.717) is 28.1 Å². The fourth-order valence-corrected chi connectivity index (χ4v) is 3.25. The van der Waals surface area contributed by atoms with E-state index < -0.39 is 5.91 Å². The van der Waals surface area contributed by atoms with Gasteiger partial charge in [-0.05, 0) is 60.0 Å². The van der Waals surface area contributed by atoms with Crippen molar-refractivity contribution in [1.82, 2.24) is 10.7 Å². The van der Waals surface area contributed by atoms with Gasteiger partial charge in [0.2, 0.25) is 0 Å². The third kappa shape index (κ3) is 8.77. The van der Waals surface area contributed by atoms with Gasteiger partial charge >= 0.3 is 0 Å². The number of ether oxygens (including phenoxy) is 2. The van der Waals surface area contributed by atoms with Crippen LogP contribution in [-0.4, -0.2) is 37.8 Å². The Balaban J connectivity index is 1.34. The molecule has 0 unspecified atom stereocenters. The van der Waals surface area contributed by atoms with Crippen molar-refractivity contribution in [3.63, 3.8) is 0 Å². The van der Waals surface area contributed by atoms with Gasteiger partial charge in [0.05, 0.1) is 11.2 Å². The highest BCUT2D eigenvalue weighted by atomic mass is 35.5.